The van der Waals surface area contributed by atoms with Gasteiger partial charge < -0.3 is 15.0 Å². The van der Waals surface area contributed by atoms with Crippen LogP contribution in [0.1, 0.15) is 6.92 Å². The maximum atomic E-state index is 11.5. The maximum Gasteiger partial charge on any atom is 0.324 e. The van der Waals surface area contributed by atoms with Crippen LogP contribution >= 0.6 is 0 Å². The van der Waals surface area contributed by atoms with E-state index in [4.69, 9.17) is 0 Å². The Morgan fingerprint density at radius 3 is 2.62 bits per heavy atom. The summed E-state index contributed by atoms with van der Waals surface area (Å²) in [5, 5.41) is 2.21. The Labute approximate surface area is 92.4 Å². The largest absolute Gasteiger partial charge is 0.333 e. The molecule has 1 fully saturated rings. The summed E-state index contributed by atoms with van der Waals surface area (Å²) < 4.78 is 0. The number of piperazine rings is 1. The summed E-state index contributed by atoms with van der Waals surface area (Å²) in [6, 6.07) is -0.707. The van der Waals surface area contributed by atoms with E-state index in [9.17, 15) is 19.2 Å². The first-order valence-corrected chi connectivity index (χ1v) is 4.94. The van der Waals surface area contributed by atoms with E-state index >= 15 is 0 Å². The normalized spacial score (nSPS) is 16.3. The highest BCUT2D eigenvalue weighted by atomic mass is 16.2. The number of nitrogens with zero attached hydrogens (tertiary/aromatic N) is 2. The van der Waals surface area contributed by atoms with Gasteiger partial charge in [0.2, 0.25) is 0 Å². The molecular weight excluding hydrogens is 214 g/mol. The third-order valence-electron chi connectivity index (χ3n) is 2.27. The molecule has 0 aromatic carbocycles. The Kier molecular flexibility index (Phi) is 3.98. The molecule has 0 unspecified atom stereocenters. The second kappa shape index (κ2) is 5.24. The minimum atomic E-state index is -0.850. The number of nitrogens with one attached hydrogen (secondary N) is 1. The highest BCUT2D eigenvalue weighted by molar-refractivity contribution is 6.38. The summed E-state index contributed by atoms with van der Waals surface area (Å²) in [6.45, 7) is 2.51. The van der Waals surface area contributed by atoms with Crippen LogP contribution in [0.25, 0.3) is 0 Å². The molecule has 16 heavy (non-hydrogen) atoms. The lowest BCUT2D eigenvalue weighted by Gasteiger charge is -2.31. The van der Waals surface area contributed by atoms with E-state index in [0.29, 0.717) is 19.4 Å². The number of likely N-dealkylation sites (N-methyl/N-ethyl adjacent to an activating group) is 1. The van der Waals surface area contributed by atoms with Gasteiger partial charge in [-0.1, -0.05) is 0 Å². The number of hydrogen-bond acceptors (Lipinski definition) is 4. The van der Waals surface area contributed by atoms with Crippen LogP contribution in [0.15, 0.2) is 0 Å². The highest BCUT2D eigenvalue weighted by Crippen LogP contribution is 2.04. The van der Waals surface area contributed by atoms with Gasteiger partial charge in [0, 0.05) is 19.6 Å². The van der Waals surface area contributed by atoms with E-state index in [0.717, 1.165) is 4.90 Å². The van der Waals surface area contributed by atoms with Crippen LogP contribution in [0.5, 0.6) is 0 Å². The molecule has 1 N–H and O–H groups in total. The smallest absolute Gasteiger partial charge is 0.324 e. The third-order valence-corrected chi connectivity index (χ3v) is 2.27. The molecule has 1 rings (SSSR count). The number of imide groups is 1. The standard InChI is InChI=1S/C9H13N3O4/c1-2-11-4-5-12(8(15)7(11)14)9(16)10-3-6-13/h6H,2-5H2,1H3,(H,10,16). The summed E-state index contributed by atoms with van der Waals surface area (Å²) in [5.74, 6) is -1.54. The van der Waals surface area contributed by atoms with Crippen LogP contribution in [0.4, 0.5) is 4.79 Å². The van der Waals surface area contributed by atoms with Gasteiger partial charge in [-0.2, -0.15) is 0 Å². The number of hydrogen-bond donors (Lipinski definition) is 1. The van der Waals surface area contributed by atoms with E-state index in [1.807, 2.05) is 0 Å². The quantitative estimate of drug-likeness (QED) is 0.474. The summed E-state index contributed by atoms with van der Waals surface area (Å²) in [6.07, 6.45) is 0.506. The molecule has 0 atom stereocenters. The van der Waals surface area contributed by atoms with Gasteiger partial charge in [-0.3, -0.25) is 14.5 Å². The first kappa shape index (κ1) is 12.2. The molecule has 7 nitrogen and oxygen atoms in total. The SMILES string of the molecule is CCN1CCN(C(=O)NCC=O)C(=O)C1=O. The Hall–Kier alpha value is -1.92. The lowest BCUT2D eigenvalue weighted by atomic mass is 10.3. The molecule has 0 aromatic rings. The molecule has 4 amide bonds. The van der Waals surface area contributed by atoms with Crippen molar-refractivity contribution < 1.29 is 19.2 Å². The molecule has 0 spiro atoms. The number of aldehydes is 1. The Bertz CT molecular complexity index is 329. The van der Waals surface area contributed by atoms with Crippen molar-refractivity contribution in [2.24, 2.45) is 0 Å². The zero-order valence-electron chi connectivity index (χ0n) is 8.93. The molecule has 0 radical (unpaired) electrons. The molecule has 0 saturated carbocycles. The second-order valence-electron chi connectivity index (χ2n) is 3.19. The molecule has 7 heteroatoms. The number of carbonyl (C=O) groups is 4. The van der Waals surface area contributed by atoms with Gasteiger partial charge in [-0.25, -0.2) is 4.79 Å². The van der Waals surface area contributed by atoms with Crippen molar-refractivity contribution in [2.45, 2.75) is 6.92 Å². The number of rotatable bonds is 3. The molecule has 1 aliphatic heterocycles. The average molecular weight is 227 g/mol. The fourth-order valence-electron chi connectivity index (χ4n) is 1.39. The van der Waals surface area contributed by atoms with Crippen LogP contribution in [-0.4, -0.2) is 60.1 Å². The van der Waals surface area contributed by atoms with Crippen LogP contribution in [0.2, 0.25) is 0 Å². The second-order valence-corrected chi connectivity index (χ2v) is 3.19. The predicted molar refractivity (Wildman–Crippen MR) is 53.4 cm³/mol. The minimum Gasteiger partial charge on any atom is -0.333 e. The van der Waals surface area contributed by atoms with Crippen molar-refractivity contribution in [1.29, 1.82) is 0 Å². The van der Waals surface area contributed by atoms with Crippen LogP contribution in [0, 0.1) is 0 Å². The van der Waals surface area contributed by atoms with Crippen molar-refractivity contribution >= 4 is 24.1 Å². The Morgan fingerprint density at radius 2 is 2.06 bits per heavy atom. The van der Waals surface area contributed by atoms with Gasteiger partial charge in [0.25, 0.3) is 0 Å². The summed E-state index contributed by atoms with van der Waals surface area (Å²) >= 11 is 0. The van der Waals surface area contributed by atoms with Crippen molar-refractivity contribution in [3.63, 3.8) is 0 Å². The molecule has 0 bridgehead atoms. The first-order valence-electron chi connectivity index (χ1n) is 4.94. The van der Waals surface area contributed by atoms with E-state index in [1.165, 1.54) is 4.90 Å². The van der Waals surface area contributed by atoms with E-state index in [-0.39, 0.29) is 13.1 Å². The lowest BCUT2D eigenvalue weighted by molar-refractivity contribution is -0.153. The van der Waals surface area contributed by atoms with Crippen molar-refractivity contribution in [1.82, 2.24) is 15.1 Å². The third kappa shape index (κ3) is 2.36. The summed E-state index contributed by atoms with van der Waals surface area (Å²) in [7, 11) is 0. The molecule has 88 valence electrons. The van der Waals surface area contributed by atoms with E-state index in [2.05, 4.69) is 5.32 Å². The molecule has 1 heterocycles. The maximum absolute atomic E-state index is 11.5. The number of amides is 4. The topological polar surface area (TPSA) is 86.8 Å². The highest BCUT2D eigenvalue weighted by Gasteiger charge is 2.35. The van der Waals surface area contributed by atoms with Crippen molar-refractivity contribution in [3.8, 4) is 0 Å². The fraction of sp³-hybridized carbons (Fsp3) is 0.556. The van der Waals surface area contributed by atoms with E-state index < -0.39 is 17.8 Å². The van der Waals surface area contributed by atoms with Gasteiger partial charge in [0.15, 0.2) is 0 Å². The molecule has 0 aliphatic carbocycles. The van der Waals surface area contributed by atoms with Crippen LogP contribution in [-0.2, 0) is 14.4 Å². The minimum absolute atomic E-state index is 0.156. The van der Waals surface area contributed by atoms with Crippen LogP contribution in [0.3, 0.4) is 0 Å². The van der Waals surface area contributed by atoms with Crippen molar-refractivity contribution in [2.75, 3.05) is 26.2 Å². The molecule has 0 aromatic heterocycles. The Morgan fingerprint density at radius 1 is 1.38 bits per heavy atom. The average Bonchev–Trinajstić information content (AvgIpc) is 2.29. The predicted octanol–water partition coefficient (Wildman–Crippen LogP) is -1.41. The van der Waals surface area contributed by atoms with Gasteiger partial charge in [0.05, 0.1) is 6.54 Å². The molecule has 1 aliphatic rings. The number of urea groups is 1. The van der Waals surface area contributed by atoms with Gasteiger partial charge >= 0.3 is 17.8 Å². The first-order chi connectivity index (χ1) is 7.61. The zero-order valence-corrected chi connectivity index (χ0v) is 8.93. The lowest BCUT2D eigenvalue weighted by Crippen LogP contribution is -2.58. The van der Waals surface area contributed by atoms with Crippen LogP contribution < -0.4 is 5.32 Å². The zero-order chi connectivity index (χ0) is 12.1. The van der Waals surface area contributed by atoms with Gasteiger partial charge in [-0.15, -0.1) is 0 Å². The molecule has 1 saturated heterocycles. The van der Waals surface area contributed by atoms with E-state index in [1.54, 1.807) is 6.92 Å². The van der Waals surface area contributed by atoms with Crippen molar-refractivity contribution in [3.05, 3.63) is 0 Å². The van der Waals surface area contributed by atoms with Gasteiger partial charge in [0.1, 0.15) is 6.29 Å². The van der Waals surface area contributed by atoms with Gasteiger partial charge in [-0.05, 0) is 6.92 Å². The monoisotopic (exact) mass is 227 g/mol. The molecular formula is C9H13N3O4. The summed E-state index contributed by atoms with van der Waals surface area (Å²) in [4.78, 5) is 46.5. The fourth-order valence-corrected chi connectivity index (χ4v) is 1.39. The Balaban J connectivity index is 2.64. The number of carbonyl (C=O) groups excluding carboxylic acids is 4. The summed E-state index contributed by atoms with van der Waals surface area (Å²) in [5.41, 5.74) is 0.